The van der Waals surface area contributed by atoms with E-state index in [0.717, 1.165) is 12.1 Å². The molecule has 0 spiro atoms. The molecule has 5 nitrogen and oxygen atoms in total. The van der Waals surface area contributed by atoms with E-state index in [2.05, 4.69) is 10.3 Å². The molecule has 32 heavy (non-hydrogen) atoms. The SMILES string of the molecule is O=C(Cn1c(COc2ccccc2Cl)nc2ccccc21)Nc1cccc(C(F)(F)F)c1. The minimum atomic E-state index is -4.50. The van der Waals surface area contributed by atoms with Crippen molar-refractivity contribution in [3.05, 3.63) is 89.2 Å². The quantitative estimate of drug-likeness (QED) is 0.389. The molecule has 0 radical (unpaired) electrons. The normalized spacial score (nSPS) is 11.5. The number of hydrogen-bond acceptors (Lipinski definition) is 3. The van der Waals surface area contributed by atoms with Crippen LogP contribution in [0.25, 0.3) is 11.0 Å². The van der Waals surface area contributed by atoms with E-state index in [4.69, 9.17) is 16.3 Å². The number of benzene rings is 3. The fraction of sp³-hybridized carbons (Fsp3) is 0.130. The van der Waals surface area contributed by atoms with E-state index in [0.29, 0.717) is 27.6 Å². The molecule has 164 valence electrons. The van der Waals surface area contributed by atoms with Gasteiger partial charge < -0.3 is 14.6 Å². The van der Waals surface area contributed by atoms with Gasteiger partial charge >= 0.3 is 6.18 Å². The van der Waals surface area contributed by atoms with Crippen molar-refractivity contribution in [3.8, 4) is 5.75 Å². The first-order valence-corrected chi connectivity index (χ1v) is 9.97. The number of hydrogen-bond donors (Lipinski definition) is 1. The van der Waals surface area contributed by atoms with Crippen LogP contribution < -0.4 is 10.1 Å². The minimum Gasteiger partial charge on any atom is -0.484 e. The lowest BCUT2D eigenvalue weighted by molar-refractivity contribution is -0.137. The number of carbonyl (C=O) groups excluding carboxylic acids is 1. The Labute approximate surface area is 186 Å². The number of imidazole rings is 1. The van der Waals surface area contributed by atoms with Crippen LogP contribution in [0, 0.1) is 0 Å². The zero-order valence-corrected chi connectivity index (χ0v) is 17.3. The van der Waals surface area contributed by atoms with Crippen molar-refractivity contribution in [2.75, 3.05) is 5.32 Å². The number of halogens is 4. The Morgan fingerprint density at radius 1 is 1.03 bits per heavy atom. The molecular weight excluding hydrogens is 443 g/mol. The second-order valence-electron chi connectivity index (χ2n) is 6.95. The van der Waals surface area contributed by atoms with E-state index < -0.39 is 17.6 Å². The van der Waals surface area contributed by atoms with Gasteiger partial charge in [0.15, 0.2) is 0 Å². The monoisotopic (exact) mass is 459 g/mol. The molecule has 0 fully saturated rings. The van der Waals surface area contributed by atoms with E-state index in [9.17, 15) is 18.0 Å². The Bertz CT molecular complexity index is 1270. The summed E-state index contributed by atoms with van der Waals surface area (Å²) >= 11 is 6.13. The molecule has 0 unspecified atom stereocenters. The summed E-state index contributed by atoms with van der Waals surface area (Å²) in [5.74, 6) is 0.456. The Morgan fingerprint density at radius 3 is 2.56 bits per heavy atom. The first-order valence-electron chi connectivity index (χ1n) is 9.60. The van der Waals surface area contributed by atoms with Gasteiger partial charge in [0.25, 0.3) is 0 Å². The van der Waals surface area contributed by atoms with Crippen LogP contribution >= 0.6 is 11.6 Å². The molecule has 1 aromatic heterocycles. The third-order valence-corrected chi connectivity index (χ3v) is 5.01. The Morgan fingerprint density at radius 2 is 1.78 bits per heavy atom. The molecule has 0 saturated carbocycles. The maximum atomic E-state index is 12.9. The van der Waals surface area contributed by atoms with E-state index in [1.165, 1.54) is 12.1 Å². The van der Waals surface area contributed by atoms with Crippen molar-refractivity contribution in [1.82, 2.24) is 9.55 Å². The molecule has 0 atom stereocenters. The number of fused-ring (bicyclic) bond motifs is 1. The summed E-state index contributed by atoms with van der Waals surface area (Å²) in [6, 6.07) is 18.7. The predicted molar refractivity (Wildman–Crippen MR) is 116 cm³/mol. The Balaban J connectivity index is 1.56. The van der Waals surface area contributed by atoms with Crippen molar-refractivity contribution in [3.63, 3.8) is 0 Å². The molecule has 0 aliphatic heterocycles. The smallest absolute Gasteiger partial charge is 0.416 e. The molecule has 0 bridgehead atoms. The molecule has 0 aliphatic carbocycles. The standard InChI is InChI=1S/C23H17ClF3N3O2/c24-17-8-1-4-11-20(17)32-14-21-29-18-9-2-3-10-19(18)30(21)13-22(31)28-16-7-5-6-15(12-16)23(25,26)27/h1-12H,13-14H2,(H,28,31). The molecule has 1 N–H and O–H groups in total. The highest BCUT2D eigenvalue weighted by atomic mass is 35.5. The number of para-hydroxylation sites is 3. The molecule has 4 rings (SSSR count). The van der Waals surface area contributed by atoms with Crippen LogP contribution in [-0.4, -0.2) is 15.5 Å². The van der Waals surface area contributed by atoms with Crippen LogP contribution in [0.1, 0.15) is 11.4 Å². The zero-order valence-electron chi connectivity index (χ0n) is 16.6. The third-order valence-electron chi connectivity index (χ3n) is 4.70. The fourth-order valence-electron chi connectivity index (χ4n) is 3.23. The summed E-state index contributed by atoms with van der Waals surface area (Å²) in [6.45, 7) is -0.104. The van der Waals surface area contributed by atoms with E-state index in [1.807, 2.05) is 12.1 Å². The van der Waals surface area contributed by atoms with Crippen LogP contribution in [0.2, 0.25) is 5.02 Å². The average Bonchev–Trinajstić information content (AvgIpc) is 3.10. The van der Waals surface area contributed by atoms with Gasteiger partial charge in [-0.1, -0.05) is 41.9 Å². The van der Waals surface area contributed by atoms with Crippen LogP contribution in [0.5, 0.6) is 5.75 Å². The van der Waals surface area contributed by atoms with E-state index in [-0.39, 0.29) is 18.8 Å². The van der Waals surface area contributed by atoms with Crippen LogP contribution in [-0.2, 0) is 24.1 Å². The number of amides is 1. The fourth-order valence-corrected chi connectivity index (χ4v) is 3.42. The number of rotatable bonds is 6. The molecule has 0 saturated heterocycles. The predicted octanol–water partition coefficient (Wildman–Crippen LogP) is 5.93. The lowest BCUT2D eigenvalue weighted by Gasteiger charge is -2.13. The topological polar surface area (TPSA) is 56.2 Å². The van der Waals surface area contributed by atoms with E-state index >= 15 is 0 Å². The number of aromatic nitrogens is 2. The van der Waals surface area contributed by atoms with Crippen molar-refractivity contribution in [2.24, 2.45) is 0 Å². The maximum Gasteiger partial charge on any atom is 0.416 e. The number of nitrogens with one attached hydrogen (secondary N) is 1. The third kappa shape index (κ3) is 4.86. The summed E-state index contributed by atoms with van der Waals surface area (Å²) in [7, 11) is 0. The lowest BCUT2D eigenvalue weighted by atomic mass is 10.2. The summed E-state index contributed by atoms with van der Waals surface area (Å²) in [5, 5.41) is 2.96. The summed E-state index contributed by atoms with van der Waals surface area (Å²) in [5.41, 5.74) is 0.585. The van der Waals surface area contributed by atoms with Crippen LogP contribution in [0.3, 0.4) is 0 Å². The number of carbonyl (C=O) groups is 1. The zero-order chi connectivity index (χ0) is 22.7. The van der Waals surface area contributed by atoms with Gasteiger partial charge in [-0.2, -0.15) is 13.2 Å². The van der Waals surface area contributed by atoms with Gasteiger partial charge in [0.05, 0.1) is 21.6 Å². The van der Waals surface area contributed by atoms with Gasteiger partial charge in [-0.3, -0.25) is 4.79 Å². The van der Waals surface area contributed by atoms with Gasteiger partial charge in [0.1, 0.15) is 24.7 Å². The molecule has 1 heterocycles. The van der Waals surface area contributed by atoms with Gasteiger partial charge in [-0.15, -0.1) is 0 Å². The second kappa shape index (κ2) is 8.92. The second-order valence-corrected chi connectivity index (χ2v) is 7.36. The molecular formula is C23H17ClF3N3O2. The summed E-state index contributed by atoms with van der Waals surface area (Å²) in [4.78, 5) is 17.2. The summed E-state index contributed by atoms with van der Waals surface area (Å²) < 4.78 is 46.3. The maximum absolute atomic E-state index is 12.9. The number of nitrogens with zero attached hydrogens (tertiary/aromatic N) is 2. The summed E-state index contributed by atoms with van der Waals surface area (Å²) in [6.07, 6.45) is -4.50. The minimum absolute atomic E-state index is 0.0508. The van der Waals surface area contributed by atoms with Crippen LogP contribution in [0.15, 0.2) is 72.8 Å². The lowest BCUT2D eigenvalue weighted by Crippen LogP contribution is -2.21. The largest absolute Gasteiger partial charge is 0.484 e. The van der Waals surface area contributed by atoms with Gasteiger partial charge in [0, 0.05) is 5.69 Å². The van der Waals surface area contributed by atoms with Gasteiger partial charge in [0.2, 0.25) is 5.91 Å². The highest BCUT2D eigenvalue weighted by molar-refractivity contribution is 6.32. The average molecular weight is 460 g/mol. The number of ether oxygens (including phenoxy) is 1. The van der Waals surface area contributed by atoms with Crippen molar-refractivity contribution in [1.29, 1.82) is 0 Å². The first kappa shape index (κ1) is 21.7. The van der Waals surface area contributed by atoms with Crippen molar-refractivity contribution >= 4 is 34.2 Å². The number of anilines is 1. The van der Waals surface area contributed by atoms with Gasteiger partial charge in [-0.05, 0) is 42.5 Å². The molecule has 4 aromatic rings. The van der Waals surface area contributed by atoms with Gasteiger partial charge in [-0.25, -0.2) is 4.98 Å². The Kier molecular flexibility index (Phi) is 6.05. The molecule has 0 aliphatic rings. The van der Waals surface area contributed by atoms with Crippen LogP contribution in [0.4, 0.5) is 18.9 Å². The number of alkyl halides is 3. The van der Waals surface area contributed by atoms with Crippen molar-refractivity contribution in [2.45, 2.75) is 19.3 Å². The first-order chi connectivity index (χ1) is 15.3. The van der Waals surface area contributed by atoms with Crippen molar-refractivity contribution < 1.29 is 22.7 Å². The molecule has 1 amide bonds. The highest BCUT2D eigenvalue weighted by Crippen LogP contribution is 2.30. The highest BCUT2D eigenvalue weighted by Gasteiger charge is 2.30. The molecule has 3 aromatic carbocycles. The Hall–Kier alpha value is -3.52. The molecule has 9 heteroatoms. The van der Waals surface area contributed by atoms with E-state index in [1.54, 1.807) is 41.0 Å².